The maximum absolute atomic E-state index is 7.30. The minimum atomic E-state index is -0.117. The van der Waals surface area contributed by atoms with Crippen LogP contribution in [0.2, 0.25) is 0 Å². The fourth-order valence-corrected chi connectivity index (χ4v) is 12.2. The minimum absolute atomic E-state index is 0.0730. The van der Waals surface area contributed by atoms with E-state index in [1.54, 1.807) is 5.56 Å². The first-order valence-electron chi connectivity index (χ1n) is 20.0. The van der Waals surface area contributed by atoms with Gasteiger partial charge >= 0.3 is 0 Å². The van der Waals surface area contributed by atoms with Crippen LogP contribution in [0.4, 0.5) is 17.1 Å². The van der Waals surface area contributed by atoms with Crippen molar-refractivity contribution in [3.8, 4) is 0 Å². The number of unbranched alkanes of at least 4 members (excludes halogenated alkanes) is 1. The summed E-state index contributed by atoms with van der Waals surface area (Å²) in [5.41, 5.74) is 19.6. The topological polar surface area (TPSA) is 16.4 Å². The monoisotopic (exact) mass is 657 g/mol. The molecule has 6 aliphatic rings. The van der Waals surface area contributed by atoms with E-state index in [2.05, 4.69) is 113 Å². The van der Waals surface area contributed by atoms with Gasteiger partial charge in [0.15, 0.2) is 0 Å². The summed E-state index contributed by atoms with van der Waals surface area (Å²) in [5.74, 6) is 2.68. The highest BCUT2D eigenvalue weighted by Gasteiger charge is 2.64. The van der Waals surface area contributed by atoms with Gasteiger partial charge in [-0.2, -0.15) is 0 Å². The Kier molecular flexibility index (Phi) is 6.77. The van der Waals surface area contributed by atoms with Crippen molar-refractivity contribution in [1.82, 2.24) is 0 Å². The highest BCUT2D eigenvalue weighted by molar-refractivity contribution is 6.98. The van der Waals surface area contributed by atoms with Gasteiger partial charge in [0.2, 0.25) is 0 Å². The van der Waals surface area contributed by atoms with E-state index in [9.17, 15) is 0 Å². The fourth-order valence-electron chi connectivity index (χ4n) is 12.2. The Hall–Kier alpha value is -3.72. The molecule has 4 aliphatic carbocycles. The number of rotatable bonds is 8. The summed E-state index contributed by atoms with van der Waals surface area (Å²) < 4.78 is 7.30. The van der Waals surface area contributed by atoms with Gasteiger partial charge in [-0.25, -0.2) is 0 Å². The van der Waals surface area contributed by atoms with Crippen LogP contribution in [-0.2, 0) is 30.1 Å². The van der Waals surface area contributed by atoms with Gasteiger partial charge in [0, 0.05) is 21.9 Å². The summed E-state index contributed by atoms with van der Waals surface area (Å²) in [6.07, 6.45) is 12.5. The Morgan fingerprint density at radius 2 is 1.60 bits per heavy atom. The molecule has 4 saturated carbocycles. The third kappa shape index (κ3) is 4.04. The van der Waals surface area contributed by atoms with Crippen molar-refractivity contribution in [3.05, 3.63) is 106 Å². The van der Waals surface area contributed by atoms with E-state index >= 15 is 0 Å². The van der Waals surface area contributed by atoms with E-state index in [4.69, 9.17) is 4.42 Å². The molecule has 254 valence electrons. The molecule has 0 N–H and O–H groups in total. The first-order chi connectivity index (χ1) is 24.3. The molecule has 4 bridgehead atoms. The third-order valence-electron chi connectivity index (χ3n) is 14.4. The Morgan fingerprint density at radius 1 is 0.800 bits per heavy atom. The minimum Gasteiger partial charge on any atom is -0.468 e. The lowest BCUT2D eigenvalue weighted by atomic mass is 9.31. The molecule has 3 heteroatoms. The van der Waals surface area contributed by atoms with Crippen LogP contribution in [0.1, 0.15) is 119 Å². The molecule has 2 aliphatic heterocycles. The molecular weight excluding hydrogens is 605 g/mol. The van der Waals surface area contributed by atoms with Crippen molar-refractivity contribution in [2.24, 2.45) is 17.8 Å². The maximum Gasteiger partial charge on any atom is 0.293 e. The zero-order valence-corrected chi connectivity index (χ0v) is 31.1. The largest absolute Gasteiger partial charge is 0.468 e. The van der Waals surface area contributed by atoms with E-state index in [-0.39, 0.29) is 12.1 Å². The summed E-state index contributed by atoms with van der Waals surface area (Å²) in [5, 5.41) is 1.33. The molecular formula is C47H52BNO. The summed E-state index contributed by atoms with van der Waals surface area (Å²) in [4.78, 5) is 2.75. The first-order valence-corrected chi connectivity index (χ1v) is 20.0. The van der Waals surface area contributed by atoms with Crippen LogP contribution >= 0.6 is 0 Å². The molecule has 2 nitrogen and oxygen atoms in total. The highest BCUT2D eigenvalue weighted by Crippen LogP contribution is 2.71. The summed E-state index contributed by atoms with van der Waals surface area (Å²) in [7, 11) is 0. The van der Waals surface area contributed by atoms with Crippen LogP contribution in [0.15, 0.2) is 71.1 Å². The zero-order valence-electron chi connectivity index (χ0n) is 31.1. The van der Waals surface area contributed by atoms with Gasteiger partial charge in [-0.15, -0.1) is 0 Å². The van der Waals surface area contributed by atoms with Gasteiger partial charge in [0.05, 0.1) is 17.0 Å². The quantitative estimate of drug-likeness (QED) is 0.152. The van der Waals surface area contributed by atoms with E-state index in [0.717, 1.165) is 48.3 Å². The molecule has 2 unspecified atom stereocenters. The lowest BCUT2D eigenvalue weighted by Gasteiger charge is -2.45. The SMILES string of the molecule is CCCCc1ccc(N2c3cc(C)cc4c3B(c3cc(CC)ccc3C4(C)C)c3oc4cccc(CCC)c4c32)c(C23CC4CC2CC4C3)c1. The average molecular weight is 658 g/mol. The smallest absolute Gasteiger partial charge is 0.293 e. The van der Waals surface area contributed by atoms with E-state index in [0.29, 0.717) is 5.41 Å². The number of furan rings is 1. The fraction of sp³-hybridized carbons (Fsp3) is 0.447. The number of benzene rings is 4. The van der Waals surface area contributed by atoms with E-state index in [1.807, 2.05) is 0 Å². The molecule has 2 atom stereocenters. The van der Waals surface area contributed by atoms with Crippen molar-refractivity contribution in [1.29, 1.82) is 0 Å². The van der Waals surface area contributed by atoms with Crippen molar-refractivity contribution < 1.29 is 4.42 Å². The highest BCUT2D eigenvalue weighted by atomic mass is 16.3. The zero-order chi connectivity index (χ0) is 34.1. The lowest BCUT2D eigenvalue weighted by Crippen LogP contribution is -2.64. The molecule has 50 heavy (non-hydrogen) atoms. The molecule has 3 heterocycles. The van der Waals surface area contributed by atoms with E-state index in [1.165, 1.54) is 112 Å². The standard InChI is InChI=1S/C47H52BNO/c1-7-10-13-30-17-19-39(36(22-30)47-26-32-24-34(47)25-33(32)27-47)49-40-21-28(4)20-37-43(40)48(38-23-29(9-3)16-18-35(38)46(37,5)6)45-44(49)42-31(12-8-2)14-11-15-41(42)50-45/h11,14-23,32-34H,7-10,12-13,24-27H2,1-6H3. The van der Waals surface area contributed by atoms with Crippen LogP contribution < -0.4 is 21.5 Å². The summed E-state index contributed by atoms with van der Waals surface area (Å²) >= 11 is 0. The number of anilines is 3. The first kappa shape index (κ1) is 31.1. The van der Waals surface area contributed by atoms with Gasteiger partial charge in [0.25, 0.3) is 6.71 Å². The Bertz CT molecular complexity index is 2190. The number of fused-ring (bicyclic) bond motifs is 6. The second kappa shape index (κ2) is 10.9. The second-order valence-electron chi connectivity index (χ2n) is 17.5. The molecule has 1 aromatic heterocycles. The third-order valence-corrected chi connectivity index (χ3v) is 14.4. The molecule has 4 aromatic carbocycles. The van der Waals surface area contributed by atoms with Crippen LogP contribution in [0.25, 0.3) is 11.0 Å². The predicted molar refractivity (Wildman–Crippen MR) is 211 cm³/mol. The second-order valence-corrected chi connectivity index (χ2v) is 17.5. The van der Waals surface area contributed by atoms with Gasteiger partial charge in [-0.3, -0.25) is 0 Å². The van der Waals surface area contributed by atoms with Crippen LogP contribution in [-0.4, -0.2) is 6.71 Å². The molecule has 0 spiro atoms. The van der Waals surface area contributed by atoms with Crippen molar-refractivity contribution in [2.45, 2.75) is 117 Å². The van der Waals surface area contributed by atoms with Crippen molar-refractivity contribution >= 4 is 51.3 Å². The normalized spacial score (nSPS) is 24.7. The van der Waals surface area contributed by atoms with Crippen LogP contribution in [0.5, 0.6) is 0 Å². The van der Waals surface area contributed by atoms with Gasteiger partial charge in [0.1, 0.15) is 5.58 Å². The Morgan fingerprint density at radius 3 is 2.32 bits per heavy atom. The number of aryl methyl sites for hydroxylation is 4. The lowest BCUT2D eigenvalue weighted by molar-refractivity contribution is 0.371. The van der Waals surface area contributed by atoms with Crippen molar-refractivity contribution in [2.75, 3.05) is 4.90 Å². The molecule has 4 fully saturated rings. The van der Waals surface area contributed by atoms with E-state index < -0.39 is 0 Å². The average Bonchev–Trinajstić information content (AvgIpc) is 3.93. The molecule has 11 rings (SSSR count). The number of nitrogens with zero attached hydrogens (tertiary/aromatic N) is 1. The molecule has 0 saturated heterocycles. The summed E-state index contributed by atoms with van der Waals surface area (Å²) in [6, 6.07) is 26.9. The molecule has 0 radical (unpaired) electrons. The van der Waals surface area contributed by atoms with Gasteiger partial charge < -0.3 is 9.32 Å². The van der Waals surface area contributed by atoms with Gasteiger partial charge in [-0.05, 0) is 139 Å². The maximum atomic E-state index is 7.30. The van der Waals surface area contributed by atoms with Crippen molar-refractivity contribution in [3.63, 3.8) is 0 Å². The number of hydrogen-bond donors (Lipinski definition) is 0. The van der Waals surface area contributed by atoms with Crippen LogP contribution in [0.3, 0.4) is 0 Å². The molecule has 0 amide bonds. The molecule has 5 aromatic rings. The van der Waals surface area contributed by atoms with Gasteiger partial charge in [-0.1, -0.05) is 101 Å². The Balaban J connectivity index is 1.32. The summed E-state index contributed by atoms with van der Waals surface area (Å²) in [6.45, 7) is 14.2. The predicted octanol–water partition coefficient (Wildman–Crippen LogP) is 10.2. The Labute approximate surface area is 299 Å². The number of hydrogen-bond acceptors (Lipinski definition) is 2. The van der Waals surface area contributed by atoms with Crippen LogP contribution in [0, 0.1) is 24.7 Å².